The third-order valence-electron chi connectivity index (χ3n) is 2.48. The van der Waals surface area contributed by atoms with Gasteiger partial charge >= 0.3 is 0 Å². The summed E-state index contributed by atoms with van der Waals surface area (Å²) in [6.45, 7) is 0.462. The van der Waals surface area contributed by atoms with Gasteiger partial charge in [-0.3, -0.25) is 0 Å². The molecular formula is C13H14ClN5O. The number of nitrogens with two attached hydrogens (primary N) is 1. The molecule has 0 fully saturated rings. The summed E-state index contributed by atoms with van der Waals surface area (Å²) in [4.78, 5) is 4.21. The molecular weight excluding hydrogens is 278 g/mol. The highest BCUT2D eigenvalue weighted by Gasteiger charge is 1.98. The highest BCUT2D eigenvalue weighted by molar-refractivity contribution is 6.29. The maximum absolute atomic E-state index is 5.76. The third kappa shape index (κ3) is 4.10. The third-order valence-corrected chi connectivity index (χ3v) is 2.68. The molecule has 0 aliphatic carbocycles. The number of guanidine groups is 1. The number of hydrogen-bond donors (Lipinski definition) is 2. The lowest BCUT2D eigenvalue weighted by Crippen LogP contribution is -2.23. The molecule has 0 amide bonds. The van der Waals surface area contributed by atoms with E-state index in [1.54, 1.807) is 19.2 Å². The van der Waals surface area contributed by atoms with E-state index >= 15 is 0 Å². The minimum atomic E-state index is 0.262. The Morgan fingerprint density at radius 2 is 2.00 bits per heavy atom. The number of aromatic nitrogens is 2. The van der Waals surface area contributed by atoms with Crippen LogP contribution in [-0.2, 0) is 6.54 Å². The number of rotatable bonds is 4. The fourth-order valence-electron chi connectivity index (χ4n) is 1.46. The summed E-state index contributed by atoms with van der Waals surface area (Å²) in [5.74, 6) is 1.56. The van der Waals surface area contributed by atoms with Gasteiger partial charge in [0.25, 0.3) is 0 Å². The Labute approximate surface area is 121 Å². The summed E-state index contributed by atoms with van der Waals surface area (Å²) >= 11 is 5.64. The van der Waals surface area contributed by atoms with Crippen LogP contribution < -0.4 is 15.8 Å². The van der Waals surface area contributed by atoms with Crippen LogP contribution in [0.1, 0.15) is 5.56 Å². The zero-order valence-corrected chi connectivity index (χ0v) is 11.6. The predicted molar refractivity (Wildman–Crippen MR) is 79.0 cm³/mol. The molecule has 0 radical (unpaired) electrons. The van der Waals surface area contributed by atoms with E-state index in [-0.39, 0.29) is 5.96 Å². The molecule has 3 N–H and O–H groups in total. The zero-order chi connectivity index (χ0) is 14.4. The van der Waals surface area contributed by atoms with Gasteiger partial charge in [-0.1, -0.05) is 23.7 Å². The largest absolute Gasteiger partial charge is 0.497 e. The number of nitrogens with one attached hydrogen (secondary N) is 1. The molecule has 0 spiro atoms. The topological polar surface area (TPSA) is 85.4 Å². The fourth-order valence-corrected chi connectivity index (χ4v) is 1.56. The second-order valence-electron chi connectivity index (χ2n) is 3.92. The van der Waals surface area contributed by atoms with E-state index in [1.165, 1.54) is 0 Å². The first-order valence-electron chi connectivity index (χ1n) is 5.86. The van der Waals surface area contributed by atoms with Crippen LogP contribution in [0, 0.1) is 0 Å². The van der Waals surface area contributed by atoms with Crippen molar-refractivity contribution in [3.05, 3.63) is 47.1 Å². The number of nitrogens with zero attached hydrogens (tertiary/aromatic N) is 3. The molecule has 0 saturated heterocycles. The summed E-state index contributed by atoms with van der Waals surface area (Å²) in [5, 5.41) is 10.7. The molecule has 1 aromatic carbocycles. The second-order valence-corrected chi connectivity index (χ2v) is 4.30. The Bertz CT molecular complexity index is 583. The standard InChI is InChI=1S/C13H14ClN5O/c1-20-10-4-2-9(3-5-10)8-16-13(15)17-12-7-6-11(14)18-19-12/h2-7H,8H2,1H3,(H3,15,16,17,19). The Balaban J connectivity index is 1.94. The van der Waals surface area contributed by atoms with Gasteiger partial charge in [0.2, 0.25) is 0 Å². The van der Waals surface area contributed by atoms with Gasteiger partial charge in [-0.05, 0) is 29.8 Å². The molecule has 7 heteroatoms. The molecule has 0 bridgehead atoms. The van der Waals surface area contributed by atoms with Crippen LogP contribution >= 0.6 is 11.6 Å². The van der Waals surface area contributed by atoms with E-state index < -0.39 is 0 Å². The van der Waals surface area contributed by atoms with Gasteiger partial charge in [0.15, 0.2) is 16.9 Å². The Kier molecular flexibility index (Phi) is 4.73. The highest BCUT2D eigenvalue weighted by Crippen LogP contribution is 2.12. The molecule has 6 nitrogen and oxygen atoms in total. The Hall–Kier alpha value is -2.34. The molecule has 1 aromatic heterocycles. The number of halogens is 1. The summed E-state index contributed by atoms with van der Waals surface area (Å²) < 4.78 is 5.08. The van der Waals surface area contributed by atoms with E-state index in [0.29, 0.717) is 17.5 Å². The van der Waals surface area contributed by atoms with Crippen molar-refractivity contribution in [1.29, 1.82) is 0 Å². The lowest BCUT2D eigenvalue weighted by molar-refractivity contribution is 0.414. The van der Waals surface area contributed by atoms with Crippen molar-refractivity contribution in [2.75, 3.05) is 12.4 Å². The van der Waals surface area contributed by atoms with E-state index in [2.05, 4.69) is 20.5 Å². The average molecular weight is 292 g/mol. The van der Waals surface area contributed by atoms with E-state index in [1.807, 2.05) is 24.3 Å². The van der Waals surface area contributed by atoms with E-state index in [4.69, 9.17) is 22.1 Å². The van der Waals surface area contributed by atoms with E-state index in [9.17, 15) is 0 Å². The van der Waals surface area contributed by atoms with Crippen molar-refractivity contribution in [1.82, 2.24) is 10.2 Å². The molecule has 104 valence electrons. The molecule has 0 unspecified atom stereocenters. The zero-order valence-electron chi connectivity index (χ0n) is 10.9. The van der Waals surface area contributed by atoms with Gasteiger partial charge < -0.3 is 15.8 Å². The van der Waals surface area contributed by atoms with Gasteiger partial charge in [0, 0.05) is 0 Å². The SMILES string of the molecule is COc1ccc(CN=C(N)Nc2ccc(Cl)nn2)cc1. The Morgan fingerprint density at radius 3 is 2.60 bits per heavy atom. The summed E-state index contributed by atoms with van der Waals surface area (Å²) in [5.41, 5.74) is 6.79. The van der Waals surface area contributed by atoms with Crippen molar-refractivity contribution >= 4 is 23.4 Å². The molecule has 0 saturated carbocycles. The number of ether oxygens (including phenoxy) is 1. The van der Waals surface area contributed by atoms with Crippen LogP contribution in [0.5, 0.6) is 5.75 Å². The molecule has 1 heterocycles. The molecule has 0 aliphatic heterocycles. The Morgan fingerprint density at radius 1 is 1.25 bits per heavy atom. The fraction of sp³-hybridized carbons (Fsp3) is 0.154. The first-order chi connectivity index (χ1) is 9.67. The second kappa shape index (κ2) is 6.72. The molecule has 2 aromatic rings. The molecule has 0 atom stereocenters. The number of aliphatic imine (C=N–C) groups is 1. The van der Waals surface area contributed by atoms with Gasteiger partial charge in [-0.15, -0.1) is 10.2 Å². The minimum Gasteiger partial charge on any atom is -0.497 e. The number of anilines is 1. The number of methoxy groups -OCH3 is 1. The predicted octanol–water partition coefficient (Wildman–Crippen LogP) is 2.07. The first kappa shape index (κ1) is 14.1. The van der Waals surface area contributed by atoms with E-state index in [0.717, 1.165) is 11.3 Å². The lowest BCUT2D eigenvalue weighted by Gasteiger charge is -2.04. The smallest absolute Gasteiger partial charge is 0.194 e. The normalized spacial score (nSPS) is 11.2. The maximum Gasteiger partial charge on any atom is 0.194 e. The van der Waals surface area contributed by atoms with Crippen LogP contribution in [0.3, 0.4) is 0 Å². The first-order valence-corrected chi connectivity index (χ1v) is 6.24. The van der Waals surface area contributed by atoms with Gasteiger partial charge in [-0.2, -0.15) is 0 Å². The molecule has 0 aliphatic rings. The van der Waals surface area contributed by atoms with Crippen LogP contribution in [0.15, 0.2) is 41.4 Å². The van der Waals surface area contributed by atoms with Crippen molar-refractivity contribution < 1.29 is 4.74 Å². The molecule has 20 heavy (non-hydrogen) atoms. The summed E-state index contributed by atoms with van der Waals surface area (Å²) in [6, 6.07) is 10.9. The van der Waals surface area contributed by atoms with Crippen molar-refractivity contribution in [3.63, 3.8) is 0 Å². The van der Waals surface area contributed by atoms with Crippen molar-refractivity contribution in [2.24, 2.45) is 10.7 Å². The van der Waals surface area contributed by atoms with Crippen molar-refractivity contribution in [3.8, 4) is 5.75 Å². The average Bonchev–Trinajstić information content (AvgIpc) is 2.48. The lowest BCUT2D eigenvalue weighted by atomic mass is 10.2. The van der Waals surface area contributed by atoms with Gasteiger partial charge in [0.05, 0.1) is 13.7 Å². The number of benzene rings is 1. The summed E-state index contributed by atoms with van der Waals surface area (Å²) in [7, 11) is 1.63. The van der Waals surface area contributed by atoms with Crippen LogP contribution in [0.25, 0.3) is 0 Å². The van der Waals surface area contributed by atoms with Gasteiger partial charge in [0.1, 0.15) is 5.75 Å². The highest BCUT2D eigenvalue weighted by atomic mass is 35.5. The minimum absolute atomic E-state index is 0.262. The monoisotopic (exact) mass is 291 g/mol. The molecule has 2 rings (SSSR count). The quantitative estimate of drug-likeness (QED) is 0.665. The van der Waals surface area contributed by atoms with Crippen LogP contribution in [0.2, 0.25) is 5.15 Å². The maximum atomic E-state index is 5.76. The van der Waals surface area contributed by atoms with Crippen LogP contribution in [0.4, 0.5) is 5.82 Å². The number of hydrogen-bond acceptors (Lipinski definition) is 4. The summed E-state index contributed by atoms with van der Waals surface area (Å²) in [6.07, 6.45) is 0. The van der Waals surface area contributed by atoms with Crippen LogP contribution in [-0.4, -0.2) is 23.3 Å². The van der Waals surface area contributed by atoms with Gasteiger partial charge in [-0.25, -0.2) is 4.99 Å². The van der Waals surface area contributed by atoms with Crippen molar-refractivity contribution in [2.45, 2.75) is 6.54 Å².